The molecule has 5 heteroatoms. The summed E-state index contributed by atoms with van der Waals surface area (Å²) in [6.45, 7) is 4.44. The minimum absolute atomic E-state index is 0.0574. The largest absolute Gasteiger partial charge is 0.494 e. The summed E-state index contributed by atoms with van der Waals surface area (Å²) in [5.74, 6) is -0.349. The van der Waals surface area contributed by atoms with Crippen LogP contribution in [0.4, 0.5) is 0 Å². The van der Waals surface area contributed by atoms with Crippen LogP contribution in [0.25, 0.3) is 0 Å². The molecule has 1 amide bonds. The molecule has 138 valence electrons. The average molecular weight is 355 g/mol. The van der Waals surface area contributed by atoms with Gasteiger partial charge in [0.1, 0.15) is 5.75 Å². The van der Waals surface area contributed by atoms with Crippen molar-refractivity contribution in [1.29, 1.82) is 0 Å². The molecule has 0 aliphatic carbocycles. The van der Waals surface area contributed by atoms with Crippen molar-refractivity contribution in [3.63, 3.8) is 0 Å². The lowest BCUT2D eigenvalue weighted by molar-refractivity contribution is -0.137. The maximum Gasteiger partial charge on any atom is 0.305 e. The highest BCUT2D eigenvalue weighted by atomic mass is 16.5. The summed E-state index contributed by atoms with van der Waals surface area (Å²) >= 11 is 0. The maximum absolute atomic E-state index is 12.4. The summed E-state index contributed by atoms with van der Waals surface area (Å²) in [6, 6.07) is 16.4. The second-order valence-electron chi connectivity index (χ2n) is 6.24. The maximum atomic E-state index is 12.4. The van der Waals surface area contributed by atoms with Crippen LogP contribution in [0, 0.1) is 0 Å². The third-order valence-electron chi connectivity index (χ3n) is 4.17. The van der Waals surface area contributed by atoms with Gasteiger partial charge in [0, 0.05) is 6.42 Å². The summed E-state index contributed by atoms with van der Waals surface area (Å²) in [5, 5.41) is 12.0. The van der Waals surface area contributed by atoms with E-state index < -0.39 is 12.0 Å². The zero-order chi connectivity index (χ0) is 18.9. The number of carbonyl (C=O) groups excluding carboxylic acids is 1. The van der Waals surface area contributed by atoms with Crippen LogP contribution in [0.5, 0.6) is 5.75 Å². The lowest BCUT2D eigenvalue weighted by Crippen LogP contribution is -2.30. The van der Waals surface area contributed by atoms with Crippen molar-refractivity contribution in [1.82, 2.24) is 5.32 Å². The average Bonchev–Trinajstić information content (AvgIpc) is 2.62. The molecule has 0 aliphatic heterocycles. The highest BCUT2D eigenvalue weighted by Gasteiger charge is 2.20. The second-order valence-corrected chi connectivity index (χ2v) is 6.24. The zero-order valence-electron chi connectivity index (χ0n) is 15.1. The van der Waals surface area contributed by atoms with Crippen LogP contribution in [-0.4, -0.2) is 23.6 Å². The molecule has 2 aromatic rings. The topological polar surface area (TPSA) is 75.6 Å². The number of rotatable bonds is 9. The van der Waals surface area contributed by atoms with Gasteiger partial charge in [0.15, 0.2) is 0 Å². The number of aliphatic carboxylic acids is 1. The molecule has 0 bridgehead atoms. The third-order valence-corrected chi connectivity index (χ3v) is 4.17. The highest BCUT2D eigenvalue weighted by molar-refractivity contribution is 5.78. The summed E-state index contributed by atoms with van der Waals surface area (Å²) in [6.07, 6.45) is 0.136. The fourth-order valence-electron chi connectivity index (χ4n) is 2.82. The SMILES string of the molecule is CCOc1ccc([C@H](CC(=O)O)NC(=O)C[C@@H](C)c2ccccc2)cc1. The second kappa shape index (κ2) is 9.61. The van der Waals surface area contributed by atoms with Crippen molar-refractivity contribution in [2.24, 2.45) is 0 Å². The van der Waals surface area contributed by atoms with E-state index in [0.717, 1.165) is 11.1 Å². The fraction of sp³-hybridized carbons (Fsp3) is 0.333. The normalized spacial score (nSPS) is 12.8. The van der Waals surface area contributed by atoms with E-state index in [1.807, 2.05) is 44.2 Å². The first-order valence-corrected chi connectivity index (χ1v) is 8.78. The van der Waals surface area contributed by atoms with Gasteiger partial charge in [-0.1, -0.05) is 49.4 Å². The minimum Gasteiger partial charge on any atom is -0.494 e. The van der Waals surface area contributed by atoms with E-state index in [2.05, 4.69) is 5.32 Å². The molecule has 5 nitrogen and oxygen atoms in total. The Hall–Kier alpha value is -2.82. The van der Waals surface area contributed by atoms with Crippen LogP contribution in [0.1, 0.15) is 49.8 Å². The van der Waals surface area contributed by atoms with Crippen molar-refractivity contribution in [2.45, 2.75) is 38.6 Å². The highest BCUT2D eigenvalue weighted by Crippen LogP contribution is 2.23. The monoisotopic (exact) mass is 355 g/mol. The predicted molar refractivity (Wildman–Crippen MR) is 100 cm³/mol. The van der Waals surface area contributed by atoms with Gasteiger partial charge in [-0.25, -0.2) is 0 Å². The lowest BCUT2D eigenvalue weighted by atomic mass is 9.97. The number of amides is 1. The van der Waals surface area contributed by atoms with Gasteiger partial charge in [-0.15, -0.1) is 0 Å². The number of hydrogen-bond donors (Lipinski definition) is 2. The van der Waals surface area contributed by atoms with Gasteiger partial charge < -0.3 is 15.2 Å². The molecule has 0 radical (unpaired) electrons. The van der Waals surface area contributed by atoms with Gasteiger partial charge in [0.25, 0.3) is 0 Å². The van der Waals surface area contributed by atoms with E-state index in [9.17, 15) is 14.7 Å². The summed E-state index contributed by atoms with van der Waals surface area (Å²) in [4.78, 5) is 23.6. The molecule has 0 heterocycles. The van der Waals surface area contributed by atoms with E-state index in [1.165, 1.54) is 0 Å². The number of carboxylic acids is 1. The number of carboxylic acid groups (broad SMARTS) is 1. The first-order chi connectivity index (χ1) is 12.5. The van der Waals surface area contributed by atoms with Crippen LogP contribution in [0.2, 0.25) is 0 Å². The Balaban J connectivity index is 2.04. The first kappa shape index (κ1) is 19.5. The smallest absolute Gasteiger partial charge is 0.305 e. The molecule has 2 rings (SSSR count). The molecule has 2 aromatic carbocycles. The van der Waals surface area contributed by atoms with Crippen molar-refractivity contribution >= 4 is 11.9 Å². The van der Waals surface area contributed by atoms with Gasteiger partial charge in [-0.2, -0.15) is 0 Å². The van der Waals surface area contributed by atoms with Gasteiger partial charge in [-0.05, 0) is 36.1 Å². The quantitative estimate of drug-likeness (QED) is 0.715. The van der Waals surface area contributed by atoms with Crippen LogP contribution in [0.3, 0.4) is 0 Å². The van der Waals surface area contributed by atoms with Gasteiger partial charge in [0.2, 0.25) is 5.91 Å². The van der Waals surface area contributed by atoms with Crippen LogP contribution < -0.4 is 10.1 Å². The molecule has 0 saturated carbocycles. The van der Waals surface area contributed by atoms with Crippen LogP contribution in [0.15, 0.2) is 54.6 Å². The first-order valence-electron chi connectivity index (χ1n) is 8.78. The van der Waals surface area contributed by atoms with Gasteiger partial charge in [0.05, 0.1) is 19.1 Å². The fourth-order valence-corrected chi connectivity index (χ4v) is 2.82. The molecule has 0 unspecified atom stereocenters. The Bertz CT molecular complexity index is 713. The predicted octanol–water partition coefficient (Wildman–Crippen LogP) is 3.91. The Kier molecular flexibility index (Phi) is 7.21. The van der Waals surface area contributed by atoms with E-state index >= 15 is 0 Å². The van der Waals surface area contributed by atoms with Crippen molar-refractivity contribution in [3.05, 3.63) is 65.7 Å². The van der Waals surface area contributed by atoms with E-state index in [1.54, 1.807) is 24.3 Å². The molecule has 2 atom stereocenters. The van der Waals surface area contributed by atoms with Crippen molar-refractivity contribution in [3.8, 4) is 5.75 Å². The Morgan fingerprint density at radius 2 is 1.65 bits per heavy atom. The summed E-state index contributed by atoms with van der Waals surface area (Å²) in [7, 11) is 0. The number of hydrogen-bond acceptors (Lipinski definition) is 3. The molecular formula is C21H25NO4. The molecule has 0 spiro atoms. The Morgan fingerprint density at radius 3 is 2.23 bits per heavy atom. The zero-order valence-corrected chi connectivity index (χ0v) is 15.1. The molecular weight excluding hydrogens is 330 g/mol. The molecule has 0 aliphatic rings. The molecule has 0 aromatic heterocycles. The minimum atomic E-state index is -0.958. The van der Waals surface area contributed by atoms with Crippen LogP contribution in [-0.2, 0) is 9.59 Å². The standard InChI is InChI=1S/C21H25NO4/c1-3-26-18-11-9-17(10-12-18)19(14-21(24)25)22-20(23)13-15(2)16-7-5-4-6-8-16/h4-12,15,19H,3,13-14H2,1-2H3,(H,22,23)(H,24,25)/t15-,19+/m1/s1. The lowest BCUT2D eigenvalue weighted by Gasteiger charge is -2.19. The number of ether oxygens (including phenoxy) is 1. The van der Waals surface area contributed by atoms with Gasteiger partial charge >= 0.3 is 5.97 Å². The van der Waals surface area contributed by atoms with Gasteiger partial charge in [-0.3, -0.25) is 9.59 Å². The summed E-state index contributed by atoms with van der Waals surface area (Å²) in [5.41, 5.74) is 1.83. The molecule has 2 N–H and O–H groups in total. The third kappa shape index (κ3) is 5.92. The van der Waals surface area contributed by atoms with E-state index in [-0.39, 0.29) is 18.2 Å². The van der Waals surface area contributed by atoms with Crippen molar-refractivity contribution < 1.29 is 19.4 Å². The van der Waals surface area contributed by atoms with Crippen molar-refractivity contribution in [2.75, 3.05) is 6.61 Å². The van der Waals surface area contributed by atoms with E-state index in [0.29, 0.717) is 18.8 Å². The Morgan fingerprint density at radius 1 is 1.00 bits per heavy atom. The molecule has 26 heavy (non-hydrogen) atoms. The molecule has 0 fully saturated rings. The van der Waals surface area contributed by atoms with Crippen LogP contribution >= 0.6 is 0 Å². The van der Waals surface area contributed by atoms with E-state index in [4.69, 9.17) is 4.74 Å². The summed E-state index contributed by atoms with van der Waals surface area (Å²) < 4.78 is 5.40. The molecule has 0 saturated heterocycles. The number of carbonyl (C=O) groups is 2. The number of benzene rings is 2. The number of nitrogens with one attached hydrogen (secondary N) is 1. The Labute approximate surface area is 154 Å².